The van der Waals surface area contributed by atoms with Gasteiger partial charge in [-0.05, 0) is 37.6 Å². The van der Waals surface area contributed by atoms with Crippen LogP contribution in [0.4, 0.5) is 0 Å². The molecule has 2 aromatic rings. The molecule has 0 atom stereocenters. The Balaban J connectivity index is 2.53. The molecular weight excluding hydrogens is 250 g/mol. The summed E-state index contributed by atoms with van der Waals surface area (Å²) >= 11 is 5.94. The predicted molar refractivity (Wildman–Crippen MR) is 72.2 cm³/mol. The summed E-state index contributed by atoms with van der Waals surface area (Å²) in [5.41, 5.74) is 2.08. The number of carbonyl (C=O) groups is 1. The first kappa shape index (κ1) is 12.7. The van der Waals surface area contributed by atoms with Gasteiger partial charge in [-0.1, -0.05) is 23.7 Å². The molecule has 4 heteroatoms. The third-order valence-electron chi connectivity index (χ3n) is 2.78. The standard InChI is InChI=1S/C14H14ClNO2/c1-9(2)16-8-11(7-13(16)14(17)18)10-4-3-5-12(15)6-10/h3-9H,1-2H3,(H,17,18). The summed E-state index contributed by atoms with van der Waals surface area (Å²) in [5.74, 6) is -0.919. The van der Waals surface area contributed by atoms with Gasteiger partial charge in [0, 0.05) is 22.8 Å². The number of hydrogen-bond donors (Lipinski definition) is 1. The second-order valence-electron chi connectivity index (χ2n) is 4.43. The lowest BCUT2D eigenvalue weighted by Crippen LogP contribution is -2.09. The van der Waals surface area contributed by atoms with Crippen LogP contribution >= 0.6 is 11.6 Å². The monoisotopic (exact) mass is 263 g/mol. The summed E-state index contributed by atoms with van der Waals surface area (Å²) in [7, 11) is 0. The van der Waals surface area contributed by atoms with Crippen molar-refractivity contribution >= 4 is 17.6 Å². The Hall–Kier alpha value is -1.74. The van der Waals surface area contributed by atoms with Crippen LogP contribution in [0.15, 0.2) is 36.5 Å². The molecule has 0 unspecified atom stereocenters. The van der Waals surface area contributed by atoms with Gasteiger partial charge >= 0.3 is 5.97 Å². The largest absolute Gasteiger partial charge is 0.477 e. The number of benzene rings is 1. The van der Waals surface area contributed by atoms with Crippen LogP contribution in [0.1, 0.15) is 30.4 Å². The van der Waals surface area contributed by atoms with E-state index in [9.17, 15) is 9.90 Å². The van der Waals surface area contributed by atoms with E-state index in [1.54, 1.807) is 16.7 Å². The van der Waals surface area contributed by atoms with Crippen molar-refractivity contribution in [2.24, 2.45) is 0 Å². The topological polar surface area (TPSA) is 42.2 Å². The second-order valence-corrected chi connectivity index (χ2v) is 4.87. The van der Waals surface area contributed by atoms with Gasteiger partial charge in [-0.3, -0.25) is 0 Å². The van der Waals surface area contributed by atoms with E-state index in [4.69, 9.17) is 11.6 Å². The Kier molecular flexibility index (Phi) is 3.43. The van der Waals surface area contributed by atoms with Crippen LogP contribution < -0.4 is 0 Å². The van der Waals surface area contributed by atoms with E-state index in [1.807, 2.05) is 38.2 Å². The molecule has 0 fully saturated rings. The van der Waals surface area contributed by atoms with Crippen molar-refractivity contribution in [1.82, 2.24) is 4.57 Å². The van der Waals surface area contributed by atoms with Gasteiger partial charge < -0.3 is 9.67 Å². The van der Waals surface area contributed by atoms with E-state index in [-0.39, 0.29) is 6.04 Å². The first-order valence-electron chi connectivity index (χ1n) is 5.70. The van der Waals surface area contributed by atoms with Gasteiger partial charge in [0.1, 0.15) is 5.69 Å². The highest BCUT2D eigenvalue weighted by molar-refractivity contribution is 6.30. The summed E-state index contributed by atoms with van der Waals surface area (Å²) in [6.45, 7) is 3.91. The fourth-order valence-corrected chi connectivity index (χ4v) is 2.09. The Morgan fingerprint density at radius 3 is 2.50 bits per heavy atom. The lowest BCUT2D eigenvalue weighted by atomic mass is 10.1. The molecule has 3 nitrogen and oxygen atoms in total. The van der Waals surface area contributed by atoms with Crippen molar-refractivity contribution in [2.75, 3.05) is 0 Å². The maximum atomic E-state index is 11.2. The van der Waals surface area contributed by atoms with Gasteiger partial charge in [0.05, 0.1) is 0 Å². The number of halogens is 1. The molecule has 0 aliphatic carbocycles. The van der Waals surface area contributed by atoms with Crippen LogP contribution in [0.2, 0.25) is 5.02 Å². The van der Waals surface area contributed by atoms with Gasteiger partial charge in [0.25, 0.3) is 0 Å². The van der Waals surface area contributed by atoms with Crippen LogP contribution in [0.3, 0.4) is 0 Å². The van der Waals surface area contributed by atoms with Gasteiger partial charge in [0.15, 0.2) is 0 Å². The molecule has 1 aromatic heterocycles. The van der Waals surface area contributed by atoms with Crippen molar-refractivity contribution in [1.29, 1.82) is 0 Å². The molecule has 2 rings (SSSR count). The minimum Gasteiger partial charge on any atom is -0.477 e. The molecule has 0 radical (unpaired) electrons. The molecule has 0 aliphatic rings. The Morgan fingerprint density at radius 1 is 1.28 bits per heavy atom. The summed E-state index contributed by atoms with van der Waals surface area (Å²) in [6, 6.07) is 9.16. The summed E-state index contributed by atoms with van der Waals surface area (Å²) in [6.07, 6.45) is 1.85. The molecule has 1 heterocycles. The highest BCUT2D eigenvalue weighted by Crippen LogP contribution is 2.26. The van der Waals surface area contributed by atoms with E-state index in [1.165, 1.54) is 0 Å². The number of nitrogens with zero attached hydrogens (tertiary/aromatic N) is 1. The Morgan fingerprint density at radius 2 is 2.00 bits per heavy atom. The highest BCUT2D eigenvalue weighted by Gasteiger charge is 2.15. The molecule has 94 valence electrons. The first-order chi connectivity index (χ1) is 8.49. The number of aromatic carboxylic acids is 1. The average molecular weight is 264 g/mol. The third-order valence-corrected chi connectivity index (χ3v) is 3.02. The molecule has 0 saturated carbocycles. The van der Waals surface area contributed by atoms with Crippen molar-refractivity contribution in [3.63, 3.8) is 0 Å². The third kappa shape index (κ3) is 2.41. The maximum absolute atomic E-state index is 11.2. The zero-order valence-corrected chi connectivity index (χ0v) is 11.0. The number of aromatic nitrogens is 1. The molecule has 1 N–H and O–H groups in total. The van der Waals surface area contributed by atoms with E-state index in [0.29, 0.717) is 10.7 Å². The first-order valence-corrected chi connectivity index (χ1v) is 6.08. The summed E-state index contributed by atoms with van der Waals surface area (Å²) < 4.78 is 1.75. The van der Waals surface area contributed by atoms with E-state index >= 15 is 0 Å². The molecule has 0 aliphatic heterocycles. The number of hydrogen-bond acceptors (Lipinski definition) is 1. The fourth-order valence-electron chi connectivity index (χ4n) is 1.90. The molecular formula is C14H14ClNO2. The van der Waals surface area contributed by atoms with Gasteiger partial charge in [0.2, 0.25) is 0 Å². The molecule has 0 amide bonds. The maximum Gasteiger partial charge on any atom is 0.352 e. The van der Waals surface area contributed by atoms with Gasteiger partial charge in [-0.25, -0.2) is 4.79 Å². The molecule has 0 bridgehead atoms. The van der Waals surface area contributed by atoms with Crippen LogP contribution in [0, 0.1) is 0 Å². The number of carboxylic acid groups (broad SMARTS) is 1. The Bertz CT molecular complexity index is 587. The second kappa shape index (κ2) is 4.86. The Labute approximate surface area is 111 Å². The van der Waals surface area contributed by atoms with Crippen molar-refractivity contribution < 1.29 is 9.90 Å². The van der Waals surface area contributed by atoms with Crippen molar-refractivity contribution in [3.8, 4) is 11.1 Å². The van der Waals surface area contributed by atoms with Crippen LogP contribution in [-0.2, 0) is 0 Å². The lowest BCUT2D eigenvalue weighted by Gasteiger charge is -2.09. The SMILES string of the molecule is CC(C)n1cc(-c2cccc(Cl)c2)cc1C(=O)O. The molecule has 0 spiro atoms. The minimum absolute atomic E-state index is 0.101. The van der Waals surface area contributed by atoms with Crippen LogP contribution in [-0.4, -0.2) is 15.6 Å². The molecule has 18 heavy (non-hydrogen) atoms. The smallest absolute Gasteiger partial charge is 0.352 e. The van der Waals surface area contributed by atoms with E-state index < -0.39 is 5.97 Å². The predicted octanol–water partition coefficient (Wildman–Crippen LogP) is 4.09. The van der Waals surface area contributed by atoms with Crippen LogP contribution in [0.25, 0.3) is 11.1 Å². The van der Waals surface area contributed by atoms with Gasteiger partial charge in [-0.2, -0.15) is 0 Å². The van der Waals surface area contributed by atoms with Gasteiger partial charge in [-0.15, -0.1) is 0 Å². The number of rotatable bonds is 3. The zero-order chi connectivity index (χ0) is 13.3. The zero-order valence-electron chi connectivity index (χ0n) is 10.2. The van der Waals surface area contributed by atoms with Crippen molar-refractivity contribution in [3.05, 3.63) is 47.2 Å². The normalized spacial score (nSPS) is 10.9. The molecule has 0 saturated heterocycles. The van der Waals surface area contributed by atoms with E-state index in [2.05, 4.69) is 0 Å². The fraction of sp³-hybridized carbons (Fsp3) is 0.214. The van der Waals surface area contributed by atoms with Crippen LogP contribution in [0.5, 0.6) is 0 Å². The minimum atomic E-state index is -0.919. The average Bonchev–Trinajstić information content (AvgIpc) is 2.73. The summed E-state index contributed by atoms with van der Waals surface area (Å²) in [4.78, 5) is 11.2. The molecule has 1 aromatic carbocycles. The number of carboxylic acids is 1. The highest BCUT2D eigenvalue weighted by atomic mass is 35.5. The lowest BCUT2D eigenvalue weighted by molar-refractivity contribution is 0.0683. The quantitative estimate of drug-likeness (QED) is 0.906. The summed E-state index contributed by atoms with van der Waals surface area (Å²) in [5, 5.41) is 9.82. The van der Waals surface area contributed by atoms with Crippen molar-refractivity contribution in [2.45, 2.75) is 19.9 Å². The van der Waals surface area contributed by atoms with E-state index in [0.717, 1.165) is 11.1 Å².